The largest absolute Gasteiger partial charge is 0.479 e. The number of nitrogens with zero attached hydrogens (tertiary/aromatic N) is 2. The Morgan fingerprint density at radius 1 is 1.30 bits per heavy atom. The number of amides is 1. The molecule has 0 aliphatic carbocycles. The number of pyridine rings is 1. The molecule has 1 aromatic heterocycles. The molecule has 1 unspecified atom stereocenters. The minimum Gasteiger partial charge on any atom is -0.479 e. The van der Waals surface area contributed by atoms with Crippen molar-refractivity contribution >= 4 is 34.8 Å². The van der Waals surface area contributed by atoms with E-state index in [0.717, 1.165) is 0 Å². The van der Waals surface area contributed by atoms with E-state index in [0.29, 0.717) is 27.2 Å². The molecule has 1 N–H and O–H groups in total. The van der Waals surface area contributed by atoms with Crippen molar-refractivity contribution in [1.29, 1.82) is 0 Å². The van der Waals surface area contributed by atoms with E-state index in [1.807, 2.05) is 6.07 Å². The monoisotopic (exact) mass is 351 g/mol. The predicted molar refractivity (Wildman–Crippen MR) is 91.1 cm³/mol. The van der Waals surface area contributed by atoms with E-state index in [-0.39, 0.29) is 0 Å². The van der Waals surface area contributed by atoms with Gasteiger partial charge >= 0.3 is 0 Å². The maximum absolute atomic E-state index is 12.0. The highest BCUT2D eigenvalue weighted by Gasteiger charge is 2.16. The number of rotatable bonds is 5. The van der Waals surface area contributed by atoms with E-state index in [9.17, 15) is 4.79 Å². The molecule has 0 spiro atoms. The van der Waals surface area contributed by atoms with Crippen molar-refractivity contribution in [2.24, 2.45) is 5.10 Å². The van der Waals surface area contributed by atoms with Crippen LogP contribution in [0.3, 0.4) is 0 Å². The van der Waals surface area contributed by atoms with Crippen molar-refractivity contribution in [2.75, 3.05) is 0 Å². The molecule has 0 radical (unpaired) electrons. The molecule has 7 heteroatoms. The second kappa shape index (κ2) is 7.94. The average molecular weight is 352 g/mol. The second-order valence-corrected chi connectivity index (χ2v) is 5.57. The average Bonchev–Trinajstić information content (AvgIpc) is 2.55. The normalized spacial score (nSPS) is 12.6. The minimum atomic E-state index is -0.769. The lowest BCUT2D eigenvalue weighted by molar-refractivity contribution is -0.127. The van der Waals surface area contributed by atoms with Gasteiger partial charge in [0.1, 0.15) is 5.75 Å². The van der Waals surface area contributed by atoms with Crippen LogP contribution in [0.5, 0.6) is 5.75 Å². The van der Waals surface area contributed by atoms with Crippen LogP contribution in [0, 0.1) is 0 Å². The van der Waals surface area contributed by atoms with Crippen LogP contribution in [-0.4, -0.2) is 22.7 Å². The molecule has 0 fully saturated rings. The third kappa shape index (κ3) is 4.94. The van der Waals surface area contributed by atoms with E-state index >= 15 is 0 Å². The van der Waals surface area contributed by atoms with Crippen molar-refractivity contribution in [3.63, 3.8) is 0 Å². The Bertz CT molecular complexity index is 721. The zero-order valence-corrected chi connectivity index (χ0v) is 14.1. The smallest absolute Gasteiger partial charge is 0.280 e. The SMILES string of the molecule is C/C(=N\NC(=O)C(C)Oc1ccc(Cl)cc1Cl)c1ccccn1. The summed E-state index contributed by atoms with van der Waals surface area (Å²) in [5.41, 5.74) is 3.72. The third-order valence-electron chi connectivity index (χ3n) is 2.94. The lowest BCUT2D eigenvalue weighted by atomic mass is 10.3. The number of halogens is 2. The summed E-state index contributed by atoms with van der Waals surface area (Å²) in [6.07, 6.45) is 0.888. The summed E-state index contributed by atoms with van der Waals surface area (Å²) in [4.78, 5) is 16.2. The van der Waals surface area contributed by atoms with Gasteiger partial charge < -0.3 is 4.74 Å². The molecule has 0 saturated heterocycles. The van der Waals surface area contributed by atoms with Gasteiger partial charge in [0.25, 0.3) is 5.91 Å². The lowest BCUT2D eigenvalue weighted by Gasteiger charge is -2.14. The van der Waals surface area contributed by atoms with E-state index < -0.39 is 12.0 Å². The highest BCUT2D eigenvalue weighted by molar-refractivity contribution is 6.35. The summed E-state index contributed by atoms with van der Waals surface area (Å²) < 4.78 is 5.51. The van der Waals surface area contributed by atoms with Crippen LogP contribution in [0.15, 0.2) is 47.7 Å². The summed E-state index contributed by atoms with van der Waals surface area (Å²) in [6, 6.07) is 10.2. The molecule has 5 nitrogen and oxygen atoms in total. The molecule has 0 aliphatic heterocycles. The van der Waals surface area contributed by atoms with Crippen molar-refractivity contribution < 1.29 is 9.53 Å². The number of nitrogens with one attached hydrogen (secondary N) is 1. The maximum Gasteiger partial charge on any atom is 0.280 e. The molecule has 120 valence electrons. The maximum atomic E-state index is 12.0. The molecule has 23 heavy (non-hydrogen) atoms. The van der Waals surface area contributed by atoms with E-state index in [1.165, 1.54) is 0 Å². The summed E-state index contributed by atoms with van der Waals surface area (Å²) >= 11 is 11.8. The predicted octanol–water partition coefficient (Wildman–Crippen LogP) is 3.70. The molecule has 1 aromatic carbocycles. The molecule has 0 bridgehead atoms. The number of carbonyl (C=O) groups excluding carboxylic acids is 1. The Labute approximate surface area is 144 Å². The van der Waals surface area contributed by atoms with Crippen LogP contribution < -0.4 is 10.2 Å². The van der Waals surface area contributed by atoms with Crippen molar-refractivity contribution in [3.05, 3.63) is 58.3 Å². The Morgan fingerprint density at radius 2 is 2.09 bits per heavy atom. The van der Waals surface area contributed by atoms with Crippen molar-refractivity contribution in [1.82, 2.24) is 10.4 Å². The molecule has 2 rings (SSSR count). The van der Waals surface area contributed by atoms with Gasteiger partial charge in [-0.25, -0.2) is 5.43 Å². The highest BCUT2D eigenvalue weighted by atomic mass is 35.5. The summed E-state index contributed by atoms with van der Waals surface area (Å²) in [7, 11) is 0. The molecule has 0 aliphatic rings. The van der Waals surface area contributed by atoms with Crippen LogP contribution in [0.1, 0.15) is 19.5 Å². The first-order valence-corrected chi connectivity index (χ1v) is 7.60. The molecular formula is C16H15Cl2N3O2. The molecular weight excluding hydrogens is 337 g/mol. The van der Waals surface area contributed by atoms with Crippen LogP contribution in [0.25, 0.3) is 0 Å². The van der Waals surface area contributed by atoms with Gasteiger partial charge in [0, 0.05) is 11.2 Å². The number of hydrogen-bond donors (Lipinski definition) is 1. The van der Waals surface area contributed by atoms with Gasteiger partial charge in [-0.2, -0.15) is 5.10 Å². The quantitative estimate of drug-likeness (QED) is 0.659. The van der Waals surface area contributed by atoms with Gasteiger partial charge in [0.05, 0.1) is 16.4 Å². The topological polar surface area (TPSA) is 63.6 Å². The van der Waals surface area contributed by atoms with Gasteiger partial charge in [0.15, 0.2) is 6.10 Å². The number of hydrogen-bond acceptors (Lipinski definition) is 4. The van der Waals surface area contributed by atoms with Gasteiger partial charge in [-0.1, -0.05) is 29.3 Å². The minimum absolute atomic E-state index is 0.338. The third-order valence-corrected chi connectivity index (χ3v) is 3.47. The lowest BCUT2D eigenvalue weighted by Crippen LogP contribution is -2.34. The standard InChI is InChI=1S/C16H15Cl2N3O2/c1-10(14-5-3-4-8-19-14)20-21-16(22)11(2)23-15-7-6-12(17)9-13(15)18/h3-9,11H,1-2H3,(H,21,22)/b20-10+. The number of ether oxygens (including phenoxy) is 1. The fourth-order valence-corrected chi connectivity index (χ4v) is 2.13. The zero-order valence-electron chi connectivity index (χ0n) is 12.6. The van der Waals surface area contributed by atoms with Crippen molar-refractivity contribution in [3.8, 4) is 5.75 Å². The van der Waals surface area contributed by atoms with Crippen LogP contribution in [0.4, 0.5) is 0 Å². The Hall–Kier alpha value is -2.11. The van der Waals surface area contributed by atoms with Gasteiger partial charge in [-0.3, -0.25) is 9.78 Å². The van der Waals surface area contributed by atoms with E-state index in [2.05, 4.69) is 15.5 Å². The number of benzene rings is 1. The van der Waals surface area contributed by atoms with E-state index in [4.69, 9.17) is 27.9 Å². The highest BCUT2D eigenvalue weighted by Crippen LogP contribution is 2.28. The number of aromatic nitrogens is 1. The van der Waals surface area contributed by atoms with Crippen LogP contribution >= 0.6 is 23.2 Å². The fraction of sp³-hybridized carbons (Fsp3) is 0.188. The summed E-state index contributed by atoms with van der Waals surface area (Å²) in [5.74, 6) is -0.0181. The first-order valence-electron chi connectivity index (χ1n) is 6.84. The van der Waals surface area contributed by atoms with Crippen LogP contribution in [-0.2, 0) is 4.79 Å². The number of carbonyl (C=O) groups is 1. The van der Waals surface area contributed by atoms with Gasteiger partial charge in [0.2, 0.25) is 0 Å². The fourth-order valence-electron chi connectivity index (χ4n) is 1.68. The first-order chi connectivity index (χ1) is 11.0. The Kier molecular flexibility index (Phi) is 5.96. The zero-order chi connectivity index (χ0) is 16.8. The molecule has 1 amide bonds. The van der Waals surface area contributed by atoms with Crippen molar-refractivity contribution in [2.45, 2.75) is 20.0 Å². The van der Waals surface area contributed by atoms with Gasteiger partial charge in [-0.15, -0.1) is 0 Å². The molecule has 1 heterocycles. The number of hydrazone groups is 1. The van der Waals surface area contributed by atoms with Gasteiger partial charge in [-0.05, 0) is 44.2 Å². The Morgan fingerprint density at radius 3 is 2.74 bits per heavy atom. The van der Waals surface area contributed by atoms with Crippen LogP contribution in [0.2, 0.25) is 10.0 Å². The summed E-state index contributed by atoms with van der Waals surface area (Å²) in [5, 5.41) is 4.85. The second-order valence-electron chi connectivity index (χ2n) is 4.72. The molecule has 1 atom stereocenters. The summed E-state index contributed by atoms with van der Waals surface area (Å²) in [6.45, 7) is 3.36. The Balaban J connectivity index is 1.97. The molecule has 0 saturated carbocycles. The van der Waals surface area contributed by atoms with E-state index in [1.54, 1.807) is 50.4 Å². The first kappa shape index (κ1) is 17.2. The molecule has 2 aromatic rings.